The Labute approximate surface area is 142 Å². The van der Waals surface area contributed by atoms with Gasteiger partial charge in [0.1, 0.15) is 0 Å². The van der Waals surface area contributed by atoms with E-state index in [1.165, 1.54) is 12.1 Å². The van der Waals surface area contributed by atoms with Crippen molar-refractivity contribution in [3.8, 4) is 0 Å². The van der Waals surface area contributed by atoms with Crippen molar-refractivity contribution < 1.29 is 13.2 Å². The summed E-state index contributed by atoms with van der Waals surface area (Å²) in [5, 5.41) is 3.30. The van der Waals surface area contributed by atoms with Crippen LogP contribution in [0, 0.1) is 0 Å². The number of hydrogen-bond acceptors (Lipinski definition) is 2. The molecule has 0 saturated carbocycles. The molecule has 0 aromatic heterocycles. The van der Waals surface area contributed by atoms with Crippen molar-refractivity contribution in [3.05, 3.63) is 35.4 Å². The Morgan fingerprint density at radius 3 is 2.09 bits per heavy atom. The van der Waals surface area contributed by atoms with E-state index in [1.54, 1.807) is 12.1 Å². The van der Waals surface area contributed by atoms with Crippen molar-refractivity contribution in [2.75, 3.05) is 26.2 Å². The zero-order valence-corrected chi connectivity index (χ0v) is 14.2. The van der Waals surface area contributed by atoms with Crippen LogP contribution in [0.5, 0.6) is 0 Å². The Morgan fingerprint density at radius 1 is 1.09 bits per heavy atom. The summed E-state index contributed by atoms with van der Waals surface area (Å²) in [5.41, 5.74) is 0.415. The quantitative estimate of drug-likeness (QED) is 0.863. The molecule has 1 fully saturated rings. The van der Waals surface area contributed by atoms with Crippen LogP contribution in [0.15, 0.2) is 24.3 Å². The van der Waals surface area contributed by atoms with Gasteiger partial charge < -0.3 is 5.32 Å². The first-order valence-electron chi connectivity index (χ1n) is 7.14. The fourth-order valence-corrected chi connectivity index (χ4v) is 2.72. The number of hydrogen-bond donors (Lipinski definition) is 1. The molecule has 2 rings (SSSR count). The van der Waals surface area contributed by atoms with Crippen LogP contribution in [0.4, 0.5) is 13.2 Å². The molecule has 1 aliphatic heterocycles. The van der Waals surface area contributed by atoms with Gasteiger partial charge in [0, 0.05) is 32.2 Å². The van der Waals surface area contributed by atoms with Gasteiger partial charge in [-0.25, -0.2) is 0 Å². The van der Waals surface area contributed by atoms with Crippen LogP contribution in [-0.4, -0.2) is 31.1 Å². The Bertz CT molecular complexity index is 418. The van der Waals surface area contributed by atoms with Crippen molar-refractivity contribution >= 4 is 24.8 Å². The molecule has 0 amide bonds. The second-order valence-corrected chi connectivity index (χ2v) is 5.21. The van der Waals surface area contributed by atoms with Crippen LogP contribution >= 0.6 is 24.8 Å². The molecule has 1 atom stereocenters. The molecule has 0 radical (unpaired) electrons. The second kappa shape index (κ2) is 9.60. The highest BCUT2D eigenvalue weighted by Crippen LogP contribution is 2.32. The van der Waals surface area contributed by atoms with Gasteiger partial charge in [0.15, 0.2) is 0 Å². The molecule has 1 saturated heterocycles. The predicted molar refractivity (Wildman–Crippen MR) is 88.0 cm³/mol. The molecule has 2 nitrogen and oxygen atoms in total. The first kappa shape index (κ1) is 21.5. The molecule has 22 heavy (non-hydrogen) atoms. The number of benzene rings is 1. The first-order chi connectivity index (χ1) is 9.52. The predicted octanol–water partition coefficient (Wildman–Crippen LogP) is 4.30. The molecule has 1 heterocycles. The monoisotopic (exact) mass is 358 g/mol. The largest absolute Gasteiger partial charge is 0.416 e. The maximum Gasteiger partial charge on any atom is 0.416 e. The molecule has 0 aliphatic carbocycles. The summed E-state index contributed by atoms with van der Waals surface area (Å²) in [6.45, 7) is 5.90. The van der Waals surface area contributed by atoms with Crippen molar-refractivity contribution in [2.24, 2.45) is 0 Å². The van der Waals surface area contributed by atoms with E-state index in [-0.39, 0.29) is 30.9 Å². The van der Waals surface area contributed by atoms with Crippen molar-refractivity contribution in [1.29, 1.82) is 0 Å². The minimum Gasteiger partial charge on any atom is -0.314 e. The Kier molecular flexibility index (Phi) is 9.39. The van der Waals surface area contributed by atoms with E-state index in [0.29, 0.717) is 0 Å². The van der Waals surface area contributed by atoms with E-state index >= 15 is 0 Å². The van der Waals surface area contributed by atoms with E-state index in [2.05, 4.69) is 17.1 Å². The molecule has 7 heteroatoms. The number of nitrogens with zero attached hydrogens (tertiary/aromatic N) is 1. The van der Waals surface area contributed by atoms with E-state index < -0.39 is 11.7 Å². The third-order valence-electron chi connectivity index (χ3n) is 3.78. The van der Waals surface area contributed by atoms with E-state index in [9.17, 15) is 13.2 Å². The molecular formula is C15H23Cl2F3N2. The van der Waals surface area contributed by atoms with E-state index in [1.807, 2.05) is 0 Å². The van der Waals surface area contributed by atoms with Gasteiger partial charge in [0.25, 0.3) is 0 Å². The third kappa shape index (κ3) is 5.61. The molecule has 1 aromatic rings. The average molecular weight is 359 g/mol. The Morgan fingerprint density at radius 2 is 1.64 bits per heavy atom. The highest BCUT2D eigenvalue weighted by atomic mass is 35.5. The highest BCUT2D eigenvalue weighted by Gasteiger charge is 2.30. The fourth-order valence-electron chi connectivity index (χ4n) is 2.72. The summed E-state index contributed by atoms with van der Waals surface area (Å²) in [6, 6.07) is 5.88. The summed E-state index contributed by atoms with van der Waals surface area (Å²) in [6.07, 6.45) is -2.26. The van der Waals surface area contributed by atoms with Crippen LogP contribution < -0.4 is 5.32 Å². The normalized spacial score (nSPS) is 17.3. The fraction of sp³-hybridized carbons (Fsp3) is 0.600. The molecule has 1 N–H and O–H groups in total. The van der Waals surface area contributed by atoms with Crippen molar-refractivity contribution in [1.82, 2.24) is 10.2 Å². The maximum atomic E-state index is 12.6. The lowest BCUT2D eigenvalue weighted by molar-refractivity contribution is -0.137. The molecule has 0 unspecified atom stereocenters. The van der Waals surface area contributed by atoms with Gasteiger partial charge in [-0.1, -0.05) is 25.5 Å². The minimum atomic E-state index is -4.26. The van der Waals surface area contributed by atoms with Gasteiger partial charge in [-0.3, -0.25) is 4.90 Å². The number of alkyl halides is 3. The molecule has 128 valence electrons. The standard InChI is InChI=1S/C15H21F3N2.2ClH/c1-2-3-14(20-10-8-19-9-11-20)12-4-6-13(7-5-12)15(16,17)18;;/h4-7,14,19H,2-3,8-11H2,1H3;2*1H/t14-;;/m0../s1. The Hall–Kier alpha value is -0.490. The molecule has 1 aliphatic rings. The number of piperazine rings is 1. The lowest BCUT2D eigenvalue weighted by Gasteiger charge is -2.35. The topological polar surface area (TPSA) is 15.3 Å². The summed E-state index contributed by atoms with van der Waals surface area (Å²) in [7, 11) is 0. The Balaban J connectivity index is 0.00000220. The van der Waals surface area contributed by atoms with Crippen LogP contribution in [0.1, 0.15) is 36.9 Å². The SMILES string of the molecule is CCC[C@@H](c1ccc(C(F)(F)F)cc1)N1CCNCC1.Cl.Cl. The maximum absolute atomic E-state index is 12.6. The van der Waals surface area contributed by atoms with E-state index in [4.69, 9.17) is 0 Å². The van der Waals surface area contributed by atoms with Crippen molar-refractivity contribution in [2.45, 2.75) is 32.0 Å². The molecule has 0 spiro atoms. The molecule has 1 aromatic carbocycles. The van der Waals surface area contributed by atoms with Gasteiger partial charge >= 0.3 is 6.18 Å². The van der Waals surface area contributed by atoms with Gasteiger partial charge in [0.2, 0.25) is 0 Å². The van der Waals surface area contributed by atoms with Gasteiger partial charge in [0.05, 0.1) is 5.56 Å². The zero-order valence-electron chi connectivity index (χ0n) is 12.5. The molecule has 0 bridgehead atoms. The summed E-state index contributed by atoms with van der Waals surface area (Å²) in [4.78, 5) is 2.36. The zero-order chi connectivity index (χ0) is 14.6. The summed E-state index contributed by atoms with van der Waals surface area (Å²) >= 11 is 0. The lowest BCUT2D eigenvalue weighted by Crippen LogP contribution is -2.45. The van der Waals surface area contributed by atoms with Crippen LogP contribution in [0.2, 0.25) is 0 Å². The second-order valence-electron chi connectivity index (χ2n) is 5.21. The number of rotatable bonds is 4. The number of nitrogens with one attached hydrogen (secondary N) is 1. The minimum absolute atomic E-state index is 0. The van der Waals surface area contributed by atoms with Crippen LogP contribution in [0.3, 0.4) is 0 Å². The average Bonchev–Trinajstić information content (AvgIpc) is 2.45. The van der Waals surface area contributed by atoms with Crippen LogP contribution in [0.25, 0.3) is 0 Å². The lowest BCUT2D eigenvalue weighted by atomic mass is 9.98. The molecular weight excluding hydrogens is 336 g/mol. The summed E-state index contributed by atoms with van der Waals surface area (Å²) < 4.78 is 37.8. The number of halogens is 5. The van der Waals surface area contributed by atoms with Gasteiger partial charge in [-0.15, -0.1) is 24.8 Å². The first-order valence-corrected chi connectivity index (χ1v) is 7.14. The van der Waals surface area contributed by atoms with Crippen LogP contribution in [-0.2, 0) is 6.18 Å². The highest BCUT2D eigenvalue weighted by molar-refractivity contribution is 5.85. The van der Waals surface area contributed by atoms with Crippen molar-refractivity contribution in [3.63, 3.8) is 0 Å². The van der Waals surface area contributed by atoms with Gasteiger partial charge in [-0.2, -0.15) is 13.2 Å². The van der Waals surface area contributed by atoms with Gasteiger partial charge in [-0.05, 0) is 24.1 Å². The smallest absolute Gasteiger partial charge is 0.314 e. The third-order valence-corrected chi connectivity index (χ3v) is 3.78. The van der Waals surface area contributed by atoms with E-state index in [0.717, 1.165) is 44.6 Å². The summed E-state index contributed by atoms with van der Waals surface area (Å²) in [5.74, 6) is 0.